The number of nitrogens with one attached hydrogen (secondary N) is 1. The van der Waals surface area contributed by atoms with Crippen molar-refractivity contribution >= 4 is 23.5 Å². The van der Waals surface area contributed by atoms with E-state index in [1.807, 2.05) is 0 Å². The molecule has 1 amide bonds. The molecule has 0 saturated carbocycles. The van der Waals surface area contributed by atoms with Gasteiger partial charge in [0.05, 0.1) is 6.10 Å². The smallest absolute Gasteiger partial charge is 0.328 e. The predicted molar refractivity (Wildman–Crippen MR) is 62.0 cm³/mol. The lowest BCUT2D eigenvalue weighted by atomic mass is 10.1. The van der Waals surface area contributed by atoms with E-state index in [9.17, 15) is 14.7 Å². The second-order valence-corrected chi connectivity index (χ2v) is 3.98. The van der Waals surface area contributed by atoms with Crippen LogP contribution in [0.4, 0.5) is 0 Å². The molecule has 0 aliphatic heterocycles. The summed E-state index contributed by atoms with van der Waals surface area (Å²) in [5.74, 6) is -1.89. The zero-order valence-electron chi connectivity index (χ0n) is 9.05. The second kappa shape index (κ2) is 5.65. The van der Waals surface area contributed by atoms with E-state index < -0.39 is 24.0 Å². The Bertz CT molecular complexity index is 433. The van der Waals surface area contributed by atoms with Crippen LogP contribution in [0, 0.1) is 0 Å². The van der Waals surface area contributed by atoms with E-state index in [4.69, 9.17) is 16.7 Å². The van der Waals surface area contributed by atoms with Crippen LogP contribution in [0.3, 0.4) is 0 Å². The molecule has 5 nitrogen and oxygen atoms in total. The molecule has 1 aromatic carbocycles. The molecule has 0 saturated heterocycles. The molecule has 17 heavy (non-hydrogen) atoms. The topological polar surface area (TPSA) is 86.6 Å². The highest BCUT2D eigenvalue weighted by Gasteiger charge is 2.25. The Balaban J connectivity index is 2.81. The first-order chi connectivity index (χ1) is 7.91. The minimum atomic E-state index is -1.35. The second-order valence-electron chi connectivity index (χ2n) is 3.54. The number of aliphatic hydroxyl groups excluding tert-OH is 1. The first-order valence-corrected chi connectivity index (χ1v) is 5.27. The molecule has 0 heterocycles. The van der Waals surface area contributed by atoms with Crippen molar-refractivity contribution in [1.82, 2.24) is 5.32 Å². The Morgan fingerprint density at radius 2 is 2.06 bits per heavy atom. The number of hydrogen-bond acceptors (Lipinski definition) is 3. The van der Waals surface area contributed by atoms with E-state index in [0.29, 0.717) is 5.02 Å². The summed E-state index contributed by atoms with van der Waals surface area (Å²) in [5, 5.41) is 20.6. The predicted octanol–water partition coefficient (Wildman–Crippen LogP) is 0.904. The van der Waals surface area contributed by atoms with Crippen LogP contribution < -0.4 is 5.32 Å². The number of carboxylic acids is 1. The maximum absolute atomic E-state index is 11.7. The van der Waals surface area contributed by atoms with E-state index in [-0.39, 0.29) is 5.56 Å². The zero-order valence-corrected chi connectivity index (χ0v) is 9.81. The molecule has 0 spiro atoms. The summed E-state index contributed by atoms with van der Waals surface area (Å²) in [6.45, 7) is 1.29. The van der Waals surface area contributed by atoms with Crippen LogP contribution in [0.25, 0.3) is 0 Å². The third-order valence-corrected chi connectivity index (χ3v) is 2.36. The molecule has 0 aromatic heterocycles. The van der Waals surface area contributed by atoms with Crippen molar-refractivity contribution in [3.05, 3.63) is 34.9 Å². The SMILES string of the molecule is C[C@@H](O)[C@H](NC(=O)c1cccc(Cl)c1)C(=O)O. The number of amides is 1. The number of aliphatic carboxylic acids is 1. The van der Waals surface area contributed by atoms with Gasteiger partial charge in [-0.05, 0) is 25.1 Å². The van der Waals surface area contributed by atoms with Gasteiger partial charge in [-0.3, -0.25) is 4.79 Å². The quantitative estimate of drug-likeness (QED) is 0.748. The summed E-state index contributed by atoms with van der Waals surface area (Å²) in [5.41, 5.74) is 0.240. The van der Waals surface area contributed by atoms with Crippen LogP contribution in [0.1, 0.15) is 17.3 Å². The molecule has 0 radical (unpaired) electrons. The summed E-state index contributed by atoms with van der Waals surface area (Å²) < 4.78 is 0. The van der Waals surface area contributed by atoms with Crippen molar-refractivity contribution < 1.29 is 19.8 Å². The minimum Gasteiger partial charge on any atom is -0.480 e. The van der Waals surface area contributed by atoms with E-state index >= 15 is 0 Å². The molecule has 0 aliphatic rings. The molecule has 0 aliphatic carbocycles. The Morgan fingerprint density at radius 1 is 1.41 bits per heavy atom. The average molecular weight is 258 g/mol. The number of carbonyl (C=O) groups excluding carboxylic acids is 1. The van der Waals surface area contributed by atoms with Gasteiger partial charge in [0.15, 0.2) is 6.04 Å². The summed E-state index contributed by atoms with van der Waals surface area (Å²) in [6.07, 6.45) is -1.18. The number of halogens is 1. The zero-order chi connectivity index (χ0) is 13.0. The highest BCUT2D eigenvalue weighted by atomic mass is 35.5. The molecular weight excluding hydrogens is 246 g/mol. The average Bonchev–Trinajstić information content (AvgIpc) is 2.24. The number of aliphatic hydroxyl groups is 1. The lowest BCUT2D eigenvalue weighted by Crippen LogP contribution is -2.47. The molecule has 92 valence electrons. The minimum absolute atomic E-state index is 0.240. The Morgan fingerprint density at radius 3 is 2.53 bits per heavy atom. The number of benzene rings is 1. The maximum Gasteiger partial charge on any atom is 0.328 e. The largest absolute Gasteiger partial charge is 0.480 e. The summed E-state index contributed by atoms with van der Waals surface area (Å²) in [7, 11) is 0. The highest BCUT2D eigenvalue weighted by molar-refractivity contribution is 6.30. The molecule has 0 fully saturated rings. The molecule has 3 N–H and O–H groups in total. The molecule has 1 aromatic rings. The molecule has 6 heteroatoms. The van der Waals surface area contributed by atoms with Crippen molar-refractivity contribution in [2.75, 3.05) is 0 Å². The number of hydrogen-bond donors (Lipinski definition) is 3. The fraction of sp³-hybridized carbons (Fsp3) is 0.273. The lowest BCUT2D eigenvalue weighted by Gasteiger charge is -2.16. The standard InChI is InChI=1S/C11H12ClNO4/c1-6(14)9(11(16)17)13-10(15)7-3-2-4-8(12)5-7/h2-6,9,14H,1H3,(H,13,15)(H,16,17)/t6-,9+/m1/s1. The van der Waals surface area contributed by atoms with Gasteiger partial charge in [-0.2, -0.15) is 0 Å². The van der Waals surface area contributed by atoms with Gasteiger partial charge >= 0.3 is 5.97 Å². The Hall–Kier alpha value is -1.59. The van der Waals surface area contributed by atoms with Crippen molar-refractivity contribution in [1.29, 1.82) is 0 Å². The van der Waals surface area contributed by atoms with Gasteiger partial charge < -0.3 is 15.5 Å². The van der Waals surface area contributed by atoms with E-state index in [2.05, 4.69) is 5.32 Å². The third-order valence-electron chi connectivity index (χ3n) is 2.12. The van der Waals surface area contributed by atoms with Gasteiger partial charge in [0.1, 0.15) is 0 Å². The molecule has 2 atom stereocenters. The monoisotopic (exact) mass is 257 g/mol. The number of carboxylic acid groups (broad SMARTS) is 1. The first kappa shape index (κ1) is 13.5. The summed E-state index contributed by atoms with van der Waals surface area (Å²) in [4.78, 5) is 22.4. The van der Waals surface area contributed by atoms with Crippen molar-refractivity contribution in [3.8, 4) is 0 Å². The van der Waals surface area contributed by atoms with E-state index in [1.54, 1.807) is 12.1 Å². The Kier molecular flexibility index (Phi) is 4.48. The van der Waals surface area contributed by atoms with E-state index in [1.165, 1.54) is 19.1 Å². The molecule has 0 unspecified atom stereocenters. The molecule has 1 rings (SSSR count). The molecule has 0 bridgehead atoms. The van der Waals surface area contributed by atoms with Crippen LogP contribution in [-0.4, -0.2) is 34.2 Å². The van der Waals surface area contributed by atoms with Crippen LogP contribution in [0.5, 0.6) is 0 Å². The highest BCUT2D eigenvalue weighted by Crippen LogP contribution is 2.10. The summed E-state index contributed by atoms with van der Waals surface area (Å²) >= 11 is 5.70. The van der Waals surface area contributed by atoms with Crippen molar-refractivity contribution in [2.24, 2.45) is 0 Å². The van der Waals surface area contributed by atoms with Gasteiger partial charge in [0.2, 0.25) is 0 Å². The third kappa shape index (κ3) is 3.72. The lowest BCUT2D eigenvalue weighted by molar-refractivity contribution is -0.141. The maximum atomic E-state index is 11.7. The van der Waals surface area contributed by atoms with Gasteiger partial charge in [-0.1, -0.05) is 17.7 Å². The summed E-state index contributed by atoms with van der Waals surface area (Å²) in [6, 6.07) is 4.75. The first-order valence-electron chi connectivity index (χ1n) is 4.89. The van der Waals surface area contributed by atoms with Gasteiger partial charge in [0, 0.05) is 10.6 Å². The van der Waals surface area contributed by atoms with Crippen molar-refractivity contribution in [2.45, 2.75) is 19.1 Å². The fourth-order valence-corrected chi connectivity index (χ4v) is 1.43. The number of carbonyl (C=O) groups is 2. The van der Waals surface area contributed by atoms with Gasteiger partial charge in [-0.15, -0.1) is 0 Å². The van der Waals surface area contributed by atoms with Gasteiger partial charge in [-0.25, -0.2) is 4.79 Å². The van der Waals surface area contributed by atoms with Crippen LogP contribution in [0.2, 0.25) is 5.02 Å². The van der Waals surface area contributed by atoms with E-state index in [0.717, 1.165) is 0 Å². The van der Waals surface area contributed by atoms with Crippen LogP contribution in [0.15, 0.2) is 24.3 Å². The Labute approximate surface area is 103 Å². The molecular formula is C11H12ClNO4. The number of rotatable bonds is 4. The van der Waals surface area contributed by atoms with Gasteiger partial charge in [0.25, 0.3) is 5.91 Å². The van der Waals surface area contributed by atoms with Crippen LogP contribution in [-0.2, 0) is 4.79 Å². The fourth-order valence-electron chi connectivity index (χ4n) is 1.24. The van der Waals surface area contributed by atoms with Crippen molar-refractivity contribution in [3.63, 3.8) is 0 Å². The van der Waals surface area contributed by atoms with Crippen LogP contribution >= 0.6 is 11.6 Å². The normalized spacial score (nSPS) is 13.8.